The molecule has 2 aromatic rings. The maximum absolute atomic E-state index is 11.1. The maximum atomic E-state index is 11.1. The van der Waals surface area contributed by atoms with Gasteiger partial charge in [0.2, 0.25) is 6.79 Å². The Morgan fingerprint density at radius 2 is 2.26 bits per heavy atom. The highest BCUT2D eigenvalue weighted by molar-refractivity contribution is 7.13. The number of ketones is 1. The van der Waals surface area contributed by atoms with Gasteiger partial charge in [0, 0.05) is 18.8 Å². The first-order valence-corrected chi connectivity index (χ1v) is 6.69. The molecular weight excluding hydrogens is 264 g/mol. The zero-order valence-electron chi connectivity index (χ0n) is 10.3. The molecule has 0 radical (unpaired) electrons. The summed E-state index contributed by atoms with van der Waals surface area (Å²) < 4.78 is 10.6. The summed E-state index contributed by atoms with van der Waals surface area (Å²) in [7, 11) is 0. The predicted octanol–water partition coefficient (Wildman–Crippen LogP) is 2.69. The standard InChI is InChI=1S/C13H12N2O3S/c1-8(16)10-6-19-13(15-10)14-5-9-2-3-11-12(4-9)18-7-17-11/h2-4,6H,5,7H2,1H3,(H,14,15). The minimum absolute atomic E-state index is 0.0209. The monoisotopic (exact) mass is 276 g/mol. The van der Waals surface area contributed by atoms with Gasteiger partial charge in [0.25, 0.3) is 0 Å². The van der Waals surface area contributed by atoms with Crippen molar-refractivity contribution in [3.63, 3.8) is 0 Å². The average molecular weight is 276 g/mol. The highest BCUT2D eigenvalue weighted by Gasteiger charge is 2.13. The number of carbonyl (C=O) groups is 1. The fourth-order valence-corrected chi connectivity index (χ4v) is 2.49. The van der Waals surface area contributed by atoms with Gasteiger partial charge >= 0.3 is 0 Å². The molecule has 5 nitrogen and oxygen atoms in total. The van der Waals surface area contributed by atoms with Crippen LogP contribution in [0.1, 0.15) is 23.0 Å². The molecule has 0 bridgehead atoms. The molecule has 0 spiro atoms. The van der Waals surface area contributed by atoms with Crippen molar-refractivity contribution < 1.29 is 14.3 Å². The second-order valence-corrected chi connectivity index (χ2v) is 4.99. The lowest BCUT2D eigenvalue weighted by Gasteiger charge is -2.04. The van der Waals surface area contributed by atoms with Crippen molar-refractivity contribution >= 4 is 22.3 Å². The van der Waals surface area contributed by atoms with Crippen LogP contribution in [0.3, 0.4) is 0 Å². The number of thiazole rings is 1. The highest BCUT2D eigenvalue weighted by atomic mass is 32.1. The van der Waals surface area contributed by atoms with Gasteiger partial charge in [0.15, 0.2) is 22.4 Å². The van der Waals surface area contributed by atoms with Gasteiger partial charge < -0.3 is 14.8 Å². The third kappa shape index (κ3) is 2.53. The van der Waals surface area contributed by atoms with E-state index in [0.717, 1.165) is 22.2 Å². The van der Waals surface area contributed by atoms with E-state index in [9.17, 15) is 4.79 Å². The van der Waals surface area contributed by atoms with Gasteiger partial charge in [-0.05, 0) is 17.7 Å². The molecule has 0 atom stereocenters. The van der Waals surface area contributed by atoms with Crippen LogP contribution in [0.4, 0.5) is 5.13 Å². The molecule has 1 aliphatic heterocycles. The van der Waals surface area contributed by atoms with Gasteiger partial charge in [-0.25, -0.2) is 4.98 Å². The Morgan fingerprint density at radius 1 is 1.42 bits per heavy atom. The van der Waals surface area contributed by atoms with Crippen LogP contribution >= 0.6 is 11.3 Å². The van der Waals surface area contributed by atoms with Gasteiger partial charge in [-0.15, -0.1) is 11.3 Å². The Morgan fingerprint density at radius 3 is 3.05 bits per heavy atom. The minimum Gasteiger partial charge on any atom is -0.454 e. The molecule has 1 aliphatic rings. The second-order valence-electron chi connectivity index (χ2n) is 4.14. The molecule has 0 fully saturated rings. The smallest absolute Gasteiger partial charge is 0.231 e. The number of hydrogen-bond acceptors (Lipinski definition) is 6. The van der Waals surface area contributed by atoms with E-state index in [-0.39, 0.29) is 12.6 Å². The molecular formula is C13H12N2O3S. The minimum atomic E-state index is -0.0209. The molecule has 1 N–H and O–H groups in total. The van der Waals surface area contributed by atoms with Crippen molar-refractivity contribution in [3.05, 3.63) is 34.8 Å². The largest absolute Gasteiger partial charge is 0.454 e. The predicted molar refractivity (Wildman–Crippen MR) is 72.0 cm³/mol. The van der Waals surface area contributed by atoms with Crippen LogP contribution in [0.15, 0.2) is 23.6 Å². The molecule has 0 aliphatic carbocycles. The Hall–Kier alpha value is -2.08. The van der Waals surface area contributed by atoms with E-state index >= 15 is 0 Å². The number of aromatic nitrogens is 1. The Bertz CT molecular complexity index is 624. The van der Waals surface area contributed by atoms with Crippen LogP contribution in [-0.2, 0) is 6.54 Å². The van der Waals surface area contributed by atoms with Gasteiger partial charge in [-0.1, -0.05) is 6.07 Å². The first-order valence-electron chi connectivity index (χ1n) is 5.81. The number of fused-ring (bicyclic) bond motifs is 1. The summed E-state index contributed by atoms with van der Waals surface area (Å²) in [4.78, 5) is 15.3. The van der Waals surface area contributed by atoms with Gasteiger partial charge in [0.05, 0.1) is 0 Å². The zero-order chi connectivity index (χ0) is 13.2. The lowest BCUT2D eigenvalue weighted by Crippen LogP contribution is -2.00. The quantitative estimate of drug-likeness (QED) is 0.870. The molecule has 1 aromatic heterocycles. The van der Waals surface area contributed by atoms with E-state index in [2.05, 4.69) is 10.3 Å². The fourth-order valence-electron chi connectivity index (χ4n) is 1.75. The number of benzene rings is 1. The van der Waals surface area contributed by atoms with Crippen molar-refractivity contribution in [2.75, 3.05) is 12.1 Å². The normalized spacial score (nSPS) is 12.5. The Kier molecular flexibility index (Phi) is 3.08. The van der Waals surface area contributed by atoms with Gasteiger partial charge in [0.1, 0.15) is 5.69 Å². The molecule has 3 rings (SSSR count). The molecule has 0 saturated heterocycles. The number of rotatable bonds is 4. The Labute approximate surface area is 114 Å². The first kappa shape index (κ1) is 12.0. The van der Waals surface area contributed by atoms with Crippen LogP contribution in [0.5, 0.6) is 11.5 Å². The lowest BCUT2D eigenvalue weighted by atomic mass is 10.2. The third-order valence-corrected chi connectivity index (χ3v) is 3.55. The topological polar surface area (TPSA) is 60.5 Å². The molecule has 1 aromatic carbocycles. The van der Waals surface area contributed by atoms with Crippen LogP contribution < -0.4 is 14.8 Å². The number of carbonyl (C=O) groups excluding carboxylic acids is 1. The highest BCUT2D eigenvalue weighted by Crippen LogP contribution is 2.32. The summed E-state index contributed by atoms with van der Waals surface area (Å²) in [6, 6.07) is 5.80. The van der Waals surface area contributed by atoms with Crippen molar-refractivity contribution in [2.45, 2.75) is 13.5 Å². The van der Waals surface area contributed by atoms with E-state index < -0.39 is 0 Å². The molecule has 0 unspecified atom stereocenters. The van der Waals surface area contributed by atoms with E-state index in [1.165, 1.54) is 18.3 Å². The third-order valence-electron chi connectivity index (χ3n) is 2.75. The summed E-state index contributed by atoms with van der Waals surface area (Å²) in [5.74, 6) is 1.52. The van der Waals surface area contributed by atoms with Crippen molar-refractivity contribution in [3.8, 4) is 11.5 Å². The van der Waals surface area contributed by atoms with E-state index in [1.54, 1.807) is 5.38 Å². The number of nitrogens with zero attached hydrogens (tertiary/aromatic N) is 1. The van der Waals surface area contributed by atoms with Gasteiger partial charge in [-0.2, -0.15) is 0 Å². The average Bonchev–Trinajstić information content (AvgIpc) is 3.04. The van der Waals surface area contributed by atoms with Crippen molar-refractivity contribution in [1.82, 2.24) is 4.98 Å². The first-order chi connectivity index (χ1) is 9.22. The molecule has 19 heavy (non-hydrogen) atoms. The summed E-state index contributed by atoms with van der Waals surface area (Å²) in [6.07, 6.45) is 0. The summed E-state index contributed by atoms with van der Waals surface area (Å²) in [5, 5.41) is 5.68. The number of anilines is 1. The van der Waals surface area contributed by atoms with E-state index in [4.69, 9.17) is 9.47 Å². The summed E-state index contributed by atoms with van der Waals surface area (Å²) in [6.45, 7) is 2.42. The van der Waals surface area contributed by atoms with Crippen LogP contribution in [0.2, 0.25) is 0 Å². The molecule has 6 heteroatoms. The number of ether oxygens (including phenoxy) is 2. The van der Waals surface area contributed by atoms with Crippen molar-refractivity contribution in [2.24, 2.45) is 0 Å². The maximum Gasteiger partial charge on any atom is 0.231 e. The van der Waals surface area contributed by atoms with Crippen LogP contribution in [0.25, 0.3) is 0 Å². The molecule has 98 valence electrons. The Balaban J connectivity index is 1.67. The van der Waals surface area contributed by atoms with E-state index in [1.807, 2.05) is 18.2 Å². The summed E-state index contributed by atoms with van der Waals surface area (Å²) >= 11 is 1.42. The second kappa shape index (κ2) is 4.89. The van der Waals surface area contributed by atoms with Crippen molar-refractivity contribution in [1.29, 1.82) is 0 Å². The molecule has 0 amide bonds. The number of Topliss-reactive ketones (excluding diaryl/α,β-unsaturated/α-hetero) is 1. The SMILES string of the molecule is CC(=O)c1csc(NCc2ccc3c(c2)OCO3)n1. The molecule has 2 heterocycles. The van der Waals surface area contributed by atoms with Gasteiger partial charge in [-0.3, -0.25) is 4.79 Å². The fraction of sp³-hybridized carbons (Fsp3) is 0.231. The zero-order valence-corrected chi connectivity index (χ0v) is 11.1. The van der Waals surface area contributed by atoms with Crippen LogP contribution in [-0.4, -0.2) is 17.6 Å². The number of nitrogens with one attached hydrogen (secondary N) is 1. The van der Waals surface area contributed by atoms with E-state index in [0.29, 0.717) is 12.2 Å². The molecule has 0 saturated carbocycles. The number of hydrogen-bond donors (Lipinski definition) is 1. The van der Waals surface area contributed by atoms with Crippen LogP contribution in [0, 0.1) is 0 Å². The summed E-state index contributed by atoms with van der Waals surface area (Å²) in [5.41, 5.74) is 1.57. The lowest BCUT2D eigenvalue weighted by molar-refractivity contribution is 0.101.